The molecular weight excluding hydrogens is 218 g/mol. The smallest absolute Gasteiger partial charge is 0.408 e. The Kier molecular flexibility index (Phi) is 2.88. The number of Topliss-reactive ketones (excluding diaryl/α,β-unsaturated/α-hetero) is 1. The summed E-state index contributed by atoms with van der Waals surface area (Å²) in [7, 11) is 0. The highest BCUT2D eigenvalue weighted by atomic mass is 16.4. The van der Waals surface area contributed by atoms with Crippen molar-refractivity contribution in [3.63, 3.8) is 0 Å². The summed E-state index contributed by atoms with van der Waals surface area (Å²) in [4.78, 5) is 23.2. The molecule has 1 aromatic carbocycles. The minimum absolute atomic E-state index is 0.0384. The fourth-order valence-corrected chi connectivity index (χ4v) is 1.90. The van der Waals surface area contributed by atoms with E-state index in [-0.39, 0.29) is 17.6 Å². The first kappa shape index (κ1) is 11.6. The van der Waals surface area contributed by atoms with Crippen LogP contribution in [0.2, 0.25) is 0 Å². The zero-order valence-electron chi connectivity index (χ0n) is 10.2. The molecule has 0 bridgehead atoms. The highest BCUT2D eigenvalue weighted by Gasteiger charge is 2.13. The lowest BCUT2D eigenvalue weighted by molar-refractivity contribution is 0.0988. The Morgan fingerprint density at radius 2 is 2.12 bits per heavy atom. The van der Waals surface area contributed by atoms with E-state index >= 15 is 0 Å². The molecule has 0 amide bonds. The van der Waals surface area contributed by atoms with Gasteiger partial charge in [-0.2, -0.15) is 0 Å². The molecule has 0 aliphatic carbocycles. The molecule has 0 radical (unpaired) electrons. The normalized spacial score (nSPS) is 11.3. The molecule has 0 aliphatic heterocycles. The molecular formula is C13H15NO3. The summed E-state index contributed by atoms with van der Waals surface area (Å²) in [6.07, 6.45) is 0.445. The van der Waals surface area contributed by atoms with Gasteiger partial charge in [-0.15, -0.1) is 0 Å². The summed E-state index contributed by atoms with van der Waals surface area (Å²) in [5.74, 6) is -0.331. The molecule has 0 atom stereocenters. The molecule has 0 fully saturated rings. The van der Waals surface area contributed by atoms with E-state index in [1.165, 1.54) is 0 Å². The molecule has 4 nitrogen and oxygen atoms in total. The van der Waals surface area contributed by atoms with Gasteiger partial charge in [-0.25, -0.2) is 4.79 Å². The minimum Gasteiger partial charge on any atom is -0.408 e. The van der Waals surface area contributed by atoms with Crippen LogP contribution < -0.4 is 5.76 Å². The van der Waals surface area contributed by atoms with E-state index in [4.69, 9.17) is 4.42 Å². The van der Waals surface area contributed by atoms with Crippen molar-refractivity contribution in [2.75, 3.05) is 0 Å². The number of ketones is 1. The highest BCUT2D eigenvalue weighted by molar-refractivity contribution is 5.98. The van der Waals surface area contributed by atoms with Gasteiger partial charge in [-0.05, 0) is 32.0 Å². The largest absolute Gasteiger partial charge is 0.420 e. The maximum Gasteiger partial charge on any atom is 0.420 e. The van der Waals surface area contributed by atoms with Crippen molar-refractivity contribution in [2.45, 2.75) is 33.2 Å². The number of benzene rings is 1. The van der Waals surface area contributed by atoms with Crippen LogP contribution in [0.25, 0.3) is 11.1 Å². The van der Waals surface area contributed by atoms with Crippen LogP contribution in [-0.4, -0.2) is 10.4 Å². The molecule has 0 unspecified atom stereocenters. The molecule has 0 spiro atoms. The average Bonchev–Trinajstić information content (AvgIpc) is 2.62. The fourth-order valence-electron chi connectivity index (χ4n) is 1.90. The van der Waals surface area contributed by atoms with Crippen molar-refractivity contribution in [3.8, 4) is 0 Å². The van der Waals surface area contributed by atoms with Gasteiger partial charge in [-0.3, -0.25) is 9.36 Å². The molecule has 2 aromatic rings. The van der Waals surface area contributed by atoms with Crippen LogP contribution >= 0.6 is 0 Å². The number of oxazole rings is 1. The monoisotopic (exact) mass is 233 g/mol. The van der Waals surface area contributed by atoms with Crippen molar-refractivity contribution in [1.29, 1.82) is 0 Å². The van der Waals surface area contributed by atoms with Gasteiger partial charge in [0.05, 0.1) is 5.52 Å². The topological polar surface area (TPSA) is 52.2 Å². The van der Waals surface area contributed by atoms with E-state index in [0.717, 1.165) is 5.52 Å². The molecule has 1 heterocycles. The zero-order valence-corrected chi connectivity index (χ0v) is 10.2. The van der Waals surface area contributed by atoms with Crippen LogP contribution in [0.4, 0.5) is 0 Å². The number of hydrogen-bond donors (Lipinski definition) is 0. The number of carbonyl (C=O) groups excluding carboxylic acids is 1. The summed E-state index contributed by atoms with van der Waals surface area (Å²) in [6, 6.07) is 5.18. The number of fused-ring (bicyclic) bond motifs is 1. The van der Waals surface area contributed by atoms with Gasteiger partial charge >= 0.3 is 5.76 Å². The third kappa shape index (κ3) is 1.90. The Morgan fingerprint density at radius 3 is 2.71 bits per heavy atom. The van der Waals surface area contributed by atoms with Crippen molar-refractivity contribution < 1.29 is 9.21 Å². The van der Waals surface area contributed by atoms with Crippen LogP contribution in [-0.2, 0) is 0 Å². The lowest BCUT2D eigenvalue weighted by atomic mass is 10.1. The second kappa shape index (κ2) is 4.20. The molecule has 0 N–H and O–H groups in total. The highest BCUT2D eigenvalue weighted by Crippen LogP contribution is 2.19. The van der Waals surface area contributed by atoms with Crippen LogP contribution in [0, 0.1) is 0 Å². The fraction of sp³-hybridized carbons (Fsp3) is 0.385. The summed E-state index contributed by atoms with van der Waals surface area (Å²) >= 11 is 0. The molecule has 4 heteroatoms. The number of aromatic nitrogens is 1. The summed E-state index contributed by atoms with van der Waals surface area (Å²) in [5, 5.41) is 0. The number of nitrogens with zero attached hydrogens (tertiary/aromatic N) is 1. The lowest BCUT2D eigenvalue weighted by Crippen LogP contribution is -2.15. The molecule has 90 valence electrons. The van der Waals surface area contributed by atoms with E-state index in [1.807, 2.05) is 20.8 Å². The van der Waals surface area contributed by atoms with Gasteiger partial charge in [-0.1, -0.05) is 6.92 Å². The maximum atomic E-state index is 11.6. The number of rotatable bonds is 3. The first-order chi connectivity index (χ1) is 8.04. The Balaban J connectivity index is 2.66. The van der Waals surface area contributed by atoms with Crippen LogP contribution in [0.1, 0.15) is 43.6 Å². The van der Waals surface area contributed by atoms with Gasteiger partial charge in [0.1, 0.15) is 0 Å². The third-order valence-corrected chi connectivity index (χ3v) is 2.77. The van der Waals surface area contributed by atoms with E-state index < -0.39 is 0 Å². The summed E-state index contributed by atoms with van der Waals surface area (Å²) < 4.78 is 6.73. The van der Waals surface area contributed by atoms with Gasteiger partial charge < -0.3 is 4.42 Å². The molecule has 2 rings (SSSR count). The Labute approximate surface area is 98.8 Å². The van der Waals surface area contributed by atoms with Crippen molar-refractivity contribution >= 4 is 16.9 Å². The molecule has 1 aromatic heterocycles. The summed E-state index contributed by atoms with van der Waals surface area (Å²) in [6.45, 7) is 5.64. The standard InChI is InChI=1S/C13H15NO3/c1-4-11(15)9-5-6-10-12(7-9)17-13(16)14(10)8(2)3/h5-8H,4H2,1-3H3. The van der Waals surface area contributed by atoms with E-state index in [1.54, 1.807) is 22.8 Å². The van der Waals surface area contributed by atoms with Crippen molar-refractivity contribution in [3.05, 3.63) is 34.3 Å². The van der Waals surface area contributed by atoms with Crippen molar-refractivity contribution in [1.82, 2.24) is 4.57 Å². The van der Waals surface area contributed by atoms with Gasteiger partial charge in [0.25, 0.3) is 0 Å². The number of hydrogen-bond acceptors (Lipinski definition) is 3. The quantitative estimate of drug-likeness (QED) is 0.766. The zero-order chi connectivity index (χ0) is 12.6. The first-order valence-corrected chi connectivity index (χ1v) is 5.73. The second-order valence-electron chi connectivity index (χ2n) is 4.29. The molecule has 17 heavy (non-hydrogen) atoms. The number of carbonyl (C=O) groups is 1. The van der Waals surface area contributed by atoms with E-state index in [0.29, 0.717) is 17.6 Å². The summed E-state index contributed by atoms with van der Waals surface area (Å²) in [5.41, 5.74) is 1.80. The van der Waals surface area contributed by atoms with Crippen LogP contribution in [0.5, 0.6) is 0 Å². The van der Waals surface area contributed by atoms with Crippen molar-refractivity contribution in [2.24, 2.45) is 0 Å². The predicted octanol–water partition coefficient (Wildman–Crippen LogP) is 2.77. The van der Waals surface area contributed by atoms with Gasteiger partial charge in [0.15, 0.2) is 11.4 Å². The SMILES string of the molecule is CCC(=O)c1ccc2c(c1)oc(=O)n2C(C)C. The second-order valence-corrected chi connectivity index (χ2v) is 4.29. The maximum absolute atomic E-state index is 11.6. The average molecular weight is 233 g/mol. The minimum atomic E-state index is -0.379. The Bertz CT molecular complexity index is 619. The Morgan fingerprint density at radius 1 is 1.41 bits per heavy atom. The van der Waals surface area contributed by atoms with Crippen LogP contribution in [0.3, 0.4) is 0 Å². The van der Waals surface area contributed by atoms with Crippen LogP contribution in [0.15, 0.2) is 27.4 Å². The lowest BCUT2D eigenvalue weighted by Gasteiger charge is -2.05. The Hall–Kier alpha value is -1.84. The molecule has 0 saturated carbocycles. The molecule has 0 saturated heterocycles. The predicted molar refractivity (Wildman–Crippen MR) is 65.5 cm³/mol. The molecule has 0 aliphatic rings. The van der Waals surface area contributed by atoms with E-state index in [9.17, 15) is 9.59 Å². The first-order valence-electron chi connectivity index (χ1n) is 5.73. The van der Waals surface area contributed by atoms with E-state index in [2.05, 4.69) is 0 Å². The van der Waals surface area contributed by atoms with Gasteiger partial charge in [0, 0.05) is 18.0 Å². The third-order valence-electron chi connectivity index (χ3n) is 2.77. The van der Waals surface area contributed by atoms with Gasteiger partial charge in [0.2, 0.25) is 0 Å².